The molecule has 1 saturated heterocycles. The summed E-state index contributed by atoms with van der Waals surface area (Å²) >= 11 is 3.48. The molecule has 0 aromatic heterocycles. The van der Waals surface area contributed by atoms with Crippen LogP contribution in [0, 0.1) is 12.8 Å². The third-order valence-electron chi connectivity index (χ3n) is 3.64. The molecule has 0 spiro atoms. The smallest absolute Gasteiger partial charge is 0.238 e. The van der Waals surface area contributed by atoms with Crippen LogP contribution in [0.25, 0.3) is 0 Å². The average molecular weight is 325 g/mol. The van der Waals surface area contributed by atoms with E-state index in [1.165, 1.54) is 18.4 Å². The number of aryl methyl sites for hydroxylation is 1. The maximum Gasteiger partial charge on any atom is 0.238 e. The number of amides is 1. The van der Waals surface area contributed by atoms with Crippen molar-refractivity contribution in [1.82, 2.24) is 4.90 Å². The second kappa shape index (κ2) is 6.53. The molecule has 4 heteroatoms. The normalized spacial score (nSPS) is 17.4. The number of likely N-dealkylation sites (tertiary alicyclic amines) is 1. The molecular weight excluding hydrogens is 304 g/mol. The van der Waals surface area contributed by atoms with Gasteiger partial charge in [-0.1, -0.05) is 13.0 Å². The van der Waals surface area contributed by atoms with Gasteiger partial charge in [0, 0.05) is 4.47 Å². The van der Waals surface area contributed by atoms with Crippen LogP contribution < -0.4 is 5.32 Å². The van der Waals surface area contributed by atoms with Crippen molar-refractivity contribution < 1.29 is 4.79 Å². The largest absolute Gasteiger partial charge is 0.324 e. The lowest BCUT2D eigenvalue weighted by Gasteiger charge is -2.29. The minimum atomic E-state index is 0.0686. The highest BCUT2D eigenvalue weighted by Gasteiger charge is 2.18. The molecule has 2 rings (SSSR count). The van der Waals surface area contributed by atoms with Gasteiger partial charge in [0.15, 0.2) is 0 Å². The van der Waals surface area contributed by atoms with Gasteiger partial charge in [0.05, 0.1) is 12.2 Å². The summed E-state index contributed by atoms with van der Waals surface area (Å²) in [6.45, 7) is 6.87. The van der Waals surface area contributed by atoms with Crippen molar-refractivity contribution in [2.45, 2.75) is 26.7 Å². The molecule has 1 N–H and O–H groups in total. The SMILES string of the molecule is Cc1ccc(NC(=O)CN2CCC(C)CC2)c(Br)c1. The van der Waals surface area contributed by atoms with Gasteiger partial charge in [0.1, 0.15) is 0 Å². The Kier molecular flexibility index (Phi) is 4.99. The van der Waals surface area contributed by atoms with Crippen LogP contribution in [0.1, 0.15) is 25.3 Å². The minimum Gasteiger partial charge on any atom is -0.324 e. The van der Waals surface area contributed by atoms with Gasteiger partial charge >= 0.3 is 0 Å². The third kappa shape index (κ3) is 4.32. The molecule has 19 heavy (non-hydrogen) atoms. The van der Waals surface area contributed by atoms with Gasteiger partial charge in [-0.25, -0.2) is 0 Å². The molecule has 0 aliphatic carbocycles. The number of piperidine rings is 1. The van der Waals surface area contributed by atoms with Crippen LogP contribution in [0.3, 0.4) is 0 Å². The first-order valence-electron chi connectivity index (χ1n) is 6.83. The van der Waals surface area contributed by atoms with Gasteiger partial charge in [0.25, 0.3) is 0 Å². The number of anilines is 1. The van der Waals surface area contributed by atoms with Gasteiger partial charge in [-0.15, -0.1) is 0 Å². The summed E-state index contributed by atoms with van der Waals surface area (Å²) in [5, 5.41) is 2.97. The summed E-state index contributed by atoms with van der Waals surface area (Å²) in [5.74, 6) is 0.865. The third-order valence-corrected chi connectivity index (χ3v) is 4.30. The maximum atomic E-state index is 12.0. The molecule has 1 amide bonds. The zero-order valence-electron chi connectivity index (χ0n) is 11.6. The number of nitrogens with one attached hydrogen (secondary N) is 1. The van der Waals surface area contributed by atoms with E-state index in [4.69, 9.17) is 0 Å². The first kappa shape index (κ1) is 14.5. The Morgan fingerprint density at radius 3 is 2.74 bits per heavy atom. The summed E-state index contributed by atoms with van der Waals surface area (Å²) in [7, 11) is 0. The molecule has 0 unspecified atom stereocenters. The number of rotatable bonds is 3. The molecular formula is C15H21BrN2O. The quantitative estimate of drug-likeness (QED) is 0.923. The molecule has 0 saturated carbocycles. The lowest BCUT2D eigenvalue weighted by molar-refractivity contribution is -0.117. The first-order chi connectivity index (χ1) is 9.04. The minimum absolute atomic E-state index is 0.0686. The standard InChI is InChI=1S/C15H21BrN2O/c1-11-5-7-18(8-6-11)10-15(19)17-14-4-3-12(2)9-13(14)16/h3-4,9,11H,5-8,10H2,1-2H3,(H,17,19). The van der Waals surface area contributed by atoms with Crippen molar-refractivity contribution in [1.29, 1.82) is 0 Å². The Hall–Kier alpha value is -0.870. The molecule has 1 aliphatic heterocycles. The van der Waals surface area contributed by atoms with Gasteiger partial charge in [-0.3, -0.25) is 9.69 Å². The number of carbonyl (C=O) groups is 1. The molecule has 1 aromatic carbocycles. The van der Waals surface area contributed by atoms with Gasteiger partial charge in [0.2, 0.25) is 5.91 Å². The van der Waals surface area contributed by atoms with Crippen LogP contribution in [-0.2, 0) is 4.79 Å². The molecule has 0 bridgehead atoms. The predicted octanol–water partition coefficient (Wildman–Crippen LogP) is 3.43. The van der Waals surface area contributed by atoms with E-state index in [-0.39, 0.29) is 5.91 Å². The number of nitrogens with zero attached hydrogens (tertiary/aromatic N) is 1. The summed E-state index contributed by atoms with van der Waals surface area (Å²) in [6, 6.07) is 5.96. The highest BCUT2D eigenvalue weighted by atomic mass is 79.9. The Bertz CT molecular complexity index is 453. The van der Waals surface area contributed by atoms with E-state index in [1.54, 1.807) is 0 Å². The second-order valence-electron chi connectivity index (χ2n) is 5.49. The van der Waals surface area contributed by atoms with Crippen molar-refractivity contribution in [3.63, 3.8) is 0 Å². The van der Waals surface area contributed by atoms with Gasteiger partial charge < -0.3 is 5.32 Å². The summed E-state index contributed by atoms with van der Waals surface area (Å²) in [6.07, 6.45) is 2.39. The van der Waals surface area contributed by atoms with Gasteiger partial charge in [-0.2, -0.15) is 0 Å². The van der Waals surface area contributed by atoms with E-state index in [1.807, 2.05) is 25.1 Å². The van der Waals surface area contributed by atoms with E-state index in [2.05, 4.69) is 33.1 Å². The topological polar surface area (TPSA) is 32.3 Å². The predicted molar refractivity (Wildman–Crippen MR) is 82.3 cm³/mol. The molecule has 1 heterocycles. The van der Waals surface area contributed by atoms with E-state index in [0.29, 0.717) is 6.54 Å². The average Bonchev–Trinajstić information content (AvgIpc) is 2.36. The Balaban J connectivity index is 1.87. The van der Waals surface area contributed by atoms with Gasteiger partial charge in [-0.05, 0) is 72.4 Å². The summed E-state index contributed by atoms with van der Waals surface area (Å²) in [5.41, 5.74) is 2.02. The van der Waals surface area contributed by atoms with Crippen LogP contribution in [-0.4, -0.2) is 30.4 Å². The van der Waals surface area contributed by atoms with Crippen LogP contribution in [0.15, 0.2) is 22.7 Å². The Morgan fingerprint density at radius 2 is 2.11 bits per heavy atom. The molecule has 1 fully saturated rings. The van der Waals surface area contributed by atoms with Crippen molar-refractivity contribution in [3.8, 4) is 0 Å². The highest BCUT2D eigenvalue weighted by molar-refractivity contribution is 9.10. The second-order valence-corrected chi connectivity index (χ2v) is 6.34. The van der Waals surface area contributed by atoms with Crippen LogP contribution in [0.2, 0.25) is 0 Å². The van der Waals surface area contributed by atoms with Crippen molar-refractivity contribution in [2.24, 2.45) is 5.92 Å². The fourth-order valence-electron chi connectivity index (χ4n) is 2.33. The molecule has 0 atom stereocenters. The van der Waals surface area contributed by atoms with Crippen LogP contribution in [0.5, 0.6) is 0 Å². The number of hydrogen-bond acceptors (Lipinski definition) is 2. The fourth-order valence-corrected chi connectivity index (χ4v) is 2.93. The lowest BCUT2D eigenvalue weighted by Crippen LogP contribution is -2.38. The molecule has 0 radical (unpaired) electrons. The van der Waals surface area contributed by atoms with E-state index in [0.717, 1.165) is 29.2 Å². The van der Waals surface area contributed by atoms with Crippen molar-refractivity contribution in [2.75, 3.05) is 25.0 Å². The Morgan fingerprint density at radius 1 is 1.42 bits per heavy atom. The van der Waals surface area contributed by atoms with Crippen molar-refractivity contribution >= 4 is 27.5 Å². The number of benzene rings is 1. The fraction of sp³-hybridized carbons (Fsp3) is 0.533. The highest BCUT2D eigenvalue weighted by Crippen LogP contribution is 2.23. The zero-order chi connectivity index (χ0) is 13.8. The number of halogens is 1. The Labute approximate surface area is 123 Å². The summed E-state index contributed by atoms with van der Waals surface area (Å²) in [4.78, 5) is 14.3. The molecule has 104 valence electrons. The van der Waals surface area contributed by atoms with E-state index in [9.17, 15) is 4.79 Å². The molecule has 3 nitrogen and oxygen atoms in total. The summed E-state index contributed by atoms with van der Waals surface area (Å²) < 4.78 is 0.938. The monoisotopic (exact) mass is 324 g/mol. The first-order valence-corrected chi connectivity index (χ1v) is 7.62. The number of hydrogen-bond donors (Lipinski definition) is 1. The maximum absolute atomic E-state index is 12.0. The molecule has 1 aromatic rings. The zero-order valence-corrected chi connectivity index (χ0v) is 13.2. The van der Waals surface area contributed by atoms with E-state index < -0.39 is 0 Å². The molecule has 1 aliphatic rings. The van der Waals surface area contributed by atoms with Crippen molar-refractivity contribution in [3.05, 3.63) is 28.2 Å². The van der Waals surface area contributed by atoms with E-state index >= 15 is 0 Å². The van der Waals surface area contributed by atoms with Crippen LogP contribution in [0.4, 0.5) is 5.69 Å². The lowest BCUT2D eigenvalue weighted by atomic mass is 9.99. The number of carbonyl (C=O) groups excluding carboxylic acids is 1. The van der Waals surface area contributed by atoms with Crippen LogP contribution >= 0.6 is 15.9 Å².